The van der Waals surface area contributed by atoms with Crippen molar-refractivity contribution in [3.05, 3.63) is 59.4 Å². The monoisotopic (exact) mass is 378 g/mol. The van der Waals surface area contributed by atoms with Gasteiger partial charge in [0.15, 0.2) is 5.82 Å². The average Bonchev–Trinajstić information content (AvgIpc) is 3.26. The number of primary amides is 1. The third-order valence-corrected chi connectivity index (χ3v) is 4.13. The van der Waals surface area contributed by atoms with Gasteiger partial charge in [0, 0.05) is 12.3 Å². The van der Waals surface area contributed by atoms with Gasteiger partial charge in [-0.1, -0.05) is 11.2 Å². The van der Waals surface area contributed by atoms with E-state index in [0.29, 0.717) is 30.1 Å². The first kappa shape index (κ1) is 17.5. The lowest BCUT2D eigenvalue weighted by Crippen LogP contribution is -2.14. The summed E-state index contributed by atoms with van der Waals surface area (Å²) in [6.45, 7) is 2.66. The number of anilines is 2. The second-order valence-corrected chi connectivity index (χ2v) is 6.27. The maximum Gasteiger partial charge on any atom is 0.267 e. The Bertz CT molecular complexity index is 1160. The Morgan fingerprint density at radius 3 is 2.82 bits per heavy atom. The molecule has 0 unspecified atom stereocenters. The summed E-state index contributed by atoms with van der Waals surface area (Å²) in [5.41, 5.74) is 14.3. The Hall–Kier alpha value is -3.95. The highest BCUT2D eigenvalue weighted by Gasteiger charge is 2.13. The Kier molecular flexibility index (Phi) is 4.36. The van der Waals surface area contributed by atoms with E-state index in [1.165, 1.54) is 0 Å². The van der Waals surface area contributed by atoms with Crippen LogP contribution in [0.3, 0.4) is 0 Å². The van der Waals surface area contributed by atoms with Gasteiger partial charge in [-0.25, -0.2) is 9.97 Å². The summed E-state index contributed by atoms with van der Waals surface area (Å²) < 4.78 is 7.01. The Morgan fingerprint density at radius 1 is 1.21 bits per heavy atom. The highest BCUT2D eigenvalue weighted by molar-refractivity contribution is 5.90. The predicted octanol–water partition coefficient (Wildman–Crippen LogP) is 1.46. The number of carbonyl (C=O) groups excluding carboxylic acids is 1. The molecule has 0 saturated carbocycles. The first-order valence-electron chi connectivity index (χ1n) is 8.54. The number of pyridine rings is 1. The molecule has 0 aromatic carbocycles. The van der Waals surface area contributed by atoms with E-state index in [4.69, 9.17) is 16.0 Å². The summed E-state index contributed by atoms with van der Waals surface area (Å²) in [5, 5.41) is 7.20. The number of aryl methyl sites for hydroxylation is 1. The molecule has 0 spiro atoms. The summed E-state index contributed by atoms with van der Waals surface area (Å²) in [6, 6.07) is 8.83. The predicted molar refractivity (Wildman–Crippen MR) is 102 cm³/mol. The van der Waals surface area contributed by atoms with Crippen molar-refractivity contribution in [2.75, 3.05) is 11.1 Å². The van der Waals surface area contributed by atoms with Gasteiger partial charge < -0.3 is 25.9 Å². The topological polar surface area (TPSA) is 151 Å². The van der Waals surface area contributed by atoms with Gasteiger partial charge in [-0.15, -0.1) is 0 Å². The van der Waals surface area contributed by atoms with Gasteiger partial charge in [0.1, 0.15) is 22.7 Å². The fourth-order valence-corrected chi connectivity index (χ4v) is 2.93. The molecule has 28 heavy (non-hydrogen) atoms. The van der Waals surface area contributed by atoms with Gasteiger partial charge in [-0.05, 0) is 25.1 Å². The second kappa shape index (κ2) is 6.99. The molecule has 0 bridgehead atoms. The van der Waals surface area contributed by atoms with Crippen molar-refractivity contribution in [1.29, 1.82) is 0 Å². The van der Waals surface area contributed by atoms with Crippen LogP contribution in [0.5, 0.6) is 0 Å². The van der Waals surface area contributed by atoms with Crippen LogP contribution in [-0.4, -0.2) is 30.6 Å². The zero-order chi connectivity index (χ0) is 19.7. The number of fused-ring (bicyclic) bond motifs is 1. The lowest BCUT2D eigenvalue weighted by Gasteiger charge is -2.11. The molecular weight excluding hydrogens is 360 g/mol. The van der Waals surface area contributed by atoms with Gasteiger partial charge in [0.25, 0.3) is 5.91 Å². The van der Waals surface area contributed by atoms with Crippen LogP contribution in [0.2, 0.25) is 0 Å². The van der Waals surface area contributed by atoms with E-state index in [2.05, 4.69) is 25.4 Å². The van der Waals surface area contributed by atoms with E-state index in [1.807, 2.05) is 35.9 Å². The summed E-state index contributed by atoms with van der Waals surface area (Å²) in [6.07, 6.45) is 1.86. The number of rotatable bonds is 6. The van der Waals surface area contributed by atoms with E-state index >= 15 is 0 Å². The first-order chi connectivity index (χ1) is 13.5. The number of aromatic nitrogens is 5. The van der Waals surface area contributed by atoms with Crippen molar-refractivity contribution in [1.82, 2.24) is 24.7 Å². The molecule has 4 heterocycles. The molecule has 4 aromatic rings. The minimum absolute atomic E-state index is 0.165. The fraction of sp³-hybridized carbons (Fsp3) is 0.167. The maximum absolute atomic E-state index is 11.4. The van der Waals surface area contributed by atoms with Gasteiger partial charge >= 0.3 is 0 Å². The molecular formula is C18H18N8O2. The van der Waals surface area contributed by atoms with Crippen LogP contribution in [0, 0.1) is 6.92 Å². The van der Waals surface area contributed by atoms with Crippen molar-refractivity contribution >= 4 is 28.7 Å². The third kappa shape index (κ3) is 3.47. The maximum atomic E-state index is 11.4. The van der Waals surface area contributed by atoms with Crippen molar-refractivity contribution in [3.8, 4) is 0 Å². The summed E-state index contributed by atoms with van der Waals surface area (Å²) >= 11 is 0. The summed E-state index contributed by atoms with van der Waals surface area (Å²) in [7, 11) is 0. The molecule has 1 amide bonds. The highest BCUT2D eigenvalue weighted by atomic mass is 16.5. The van der Waals surface area contributed by atoms with Crippen molar-refractivity contribution < 1.29 is 9.32 Å². The van der Waals surface area contributed by atoms with Crippen LogP contribution in [0.1, 0.15) is 27.6 Å². The molecule has 0 fully saturated rings. The fourth-order valence-electron chi connectivity index (χ4n) is 2.93. The zero-order valence-corrected chi connectivity index (χ0v) is 15.1. The number of hydrogen-bond acceptors (Lipinski definition) is 8. The smallest absolute Gasteiger partial charge is 0.267 e. The normalized spacial score (nSPS) is 11.0. The number of nitrogens with zero attached hydrogens (tertiary/aromatic N) is 5. The van der Waals surface area contributed by atoms with Gasteiger partial charge in [-0.2, -0.15) is 4.98 Å². The van der Waals surface area contributed by atoms with E-state index < -0.39 is 5.91 Å². The molecule has 0 atom stereocenters. The molecule has 10 nitrogen and oxygen atoms in total. The van der Waals surface area contributed by atoms with Gasteiger partial charge in [0.05, 0.1) is 24.3 Å². The molecule has 5 N–H and O–H groups in total. The quantitative estimate of drug-likeness (QED) is 0.456. The third-order valence-electron chi connectivity index (χ3n) is 4.13. The van der Waals surface area contributed by atoms with Crippen molar-refractivity contribution in [3.63, 3.8) is 0 Å². The Labute approximate surface area is 159 Å². The number of nitrogens with two attached hydrogens (primary N) is 2. The molecule has 142 valence electrons. The molecule has 0 aliphatic carbocycles. The van der Waals surface area contributed by atoms with Crippen molar-refractivity contribution in [2.24, 2.45) is 5.73 Å². The number of hydrogen-bond donors (Lipinski definition) is 3. The molecule has 0 saturated heterocycles. The summed E-state index contributed by atoms with van der Waals surface area (Å²) in [4.78, 5) is 24.3. The minimum Gasteiger partial charge on any atom is -0.368 e. The molecule has 0 aliphatic heterocycles. The average molecular weight is 378 g/mol. The van der Waals surface area contributed by atoms with Crippen LogP contribution in [0.25, 0.3) is 11.0 Å². The van der Waals surface area contributed by atoms with Crippen LogP contribution in [0.15, 0.2) is 41.1 Å². The molecule has 0 radical (unpaired) electrons. The standard InChI is InChI=1S/C18H18N8O2/c1-10-7-12(25-28-10)8-21-17-15-13(23-18(20)24-17)5-6-26(15)9-11-3-2-4-14(22-11)16(19)27/h2-7H,8-9H2,1H3,(H2,19,27)(H3,20,21,23,24). The number of amides is 1. The summed E-state index contributed by atoms with van der Waals surface area (Å²) in [5.74, 6) is 0.894. The van der Waals surface area contributed by atoms with Crippen LogP contribution in [0.4, 0.5) is 11.8 Å². The Morgan fingerprint density at radius 2 is 2.07 bits per heavy atom. The highest BCUT2D eigenvalue weighted by Crippen LogP contribution is 2.24. The number of nitrogens with one attached hydrogen (secondary N) is 1. The van der Waals surface area contributed by atoms with Crippen molar-refractivity contribution in [2.45, 2.75) is 20.0 Å². The van der Waals surface area contributed by atoms with Crippen LogP contribution in [-0.2, 0) is 13.1 Å². The minimum atomic E-state index is -0.569. The molecule has 4 rings (SSSR count). The first-order valence-corrected chi connectivity index (χ1v) is 8.54. The SMILES string of the molecule is Cc1cc(CNc2nc(N)nc3ccn(Cc4cccc(C(N)=O)n4)c23)no1. The Balaban J connectivity index is 1.67. The van der Waals surface area contributed by atoms with E-state index in [1.54, 1.807) is 12.1 Å². The lowest BCUT2D eigenvalue weighted by atomic mass is 10.3. The van der Waals surface area contributed by atoms with E-state index in [-0.39, 0.29) is 11.6 Å². The van der Waals surface area contributed by atoms with Gasteiger partial charge in [-0.3, -0.25) is 4.79 Å². The lowest BCUT2D eigenvalue weighted by molar-refractivity contribution is 0.0995. The largest absolute Gasteiger partial charge is 0.368 e. The van der Waals surface area contributed by atoms with Gasteiger partial charge in [0.2, 0.25) is 5.95 Å². The molecule has 10 heteroatoms. The molecule has 0 aliphatic rings. The van der Waals surface area contributed by atoms with E-state index in [9.17, 15) is 4.79 Å². The van der Waals surface area contributed by atoms with Crippen LogP contribution < -0.4 is 16.8 Å². The van der Waals surface area contributed by atoms with Crippen LogP contribution >= 0.6 is 0 Å². The second-order valence-electron chi connectivity index (χ2n) is 6.27. The van der Waals surface area contributed by atoms with E-state index in [0.717, 1.165) is 17.0 Å². The zero-order valence-electron chi connectivity index (χ0n) is 15.1. The molecule has 4 aromatic heterocycles. The number of carbonyl (C=O) groups is 1. The number of nitrogen functional groups attached to an aromatic ring is 1.